The fourth-order valence-corrected chi connectivity index (χ4v) is 2.21. The van der Waals surface area contributed by atoms with Crippen molar-refractivity contribution in [3.05, 3.63) is 47.7 Å². The first-order chi connectivity index (χ1) is 11.6. The van der Waals surface area contributed by atoms with Crippen LogP contribution in [0.25, 0.3) is 0 Å². The molecule has 0 unspecified atom stereocenters. The zero-order valence-corrected chi connectivity index (χ0v) is 14.2. The first-order valence-electron chi connectivity index (χ1n) is 7.47. The molecule has 8 heteroatoms. The van der Waals surface area contributed by atoms with Gasteiger partial charge in [0.15, 0.2) is 5.11 Å². The summed E-state index contributed by atoms with van der Waals surface area (Å²) >= 11 is 5.16. The summed E-state index contributed by atoms with van der Waals surface area (Å²) < 4.78 is 6.56. The van der Waals surface area contributed by atoms with Crippen molar-refractivity contribution in [2.45, 2.75) is 20.4 Å². The van der Waals surface area contributed by atoms with Gasteiger partial charge >= 0.3 is 5.97 Å². The molecule has 0 saturated heterocycles. The van der Waals surface area contributed by atoms with Crippen molar-refractivity contribution in [2.24, 2.45) is 0 Å². The van der Waals surface area contributed by atoms with Crippen LogP contribution in [0.4, 0.5) is 5.82 Å². The zero-order chi connectivity index (χ0) is 17.5. The van der Waals surface area contributed by atoms with E-state index >= 15 is 0 Å². The molecule has 1 amide bonds. The van der Waals surface area contributed by atoms with E-state index in [1.54, 1.807) is 35.9 Å². The van der Waals surface area contributed by atoms with Crippen LogP contribution >= 0.6 is 12.2 Å². The second-order valence-electron chi connectivity index (χ2n) is 4.72. The number of anilines is 1. The van der Waals surface area contributed by atoms with E-state index in [-0.39, 0.29) is 23.2 Å². The van der Waals surface area contributed by atoms with Gasteiger partial charge in [-0.2, -0.15) is 5.10 Å². The SMILES string of the molecule is CCOC(=O)c1cnn(CC)c1NC(=S)NC(=O)c1ccccc1. The van der Waals surface area contributed by atoms with E-state index in [0.29, 0.717) is 17.9 Å². The largest absolute Gasteiger partial charge is 0.462 e. The van der Waals surface area contributed by atoms with Crippen LogP contribution in [0.1, 0.15) is 34.6 Å². The number of esters is 1. The van der Waals surface area contributed by atoms with Crippen LogP contribution in [-0.4, -0.2) is 33.4 Å². The fourth-order valence-electron chi connectivity index (χ4n) is 2.02. The number of aromatic nitrogens is 2. The Bertz CT molecular complexity index is 743. The Morgan fingerprint density at radius 3 is 2.58 bits per heavy atom. The number of benzene rings is 1. The van der Waals surface area contributed by atoms with Gasteiger partial charge in [0.25, 0.3) is 5.91 Å². The lowest BCUT2D eigenvalue weighted by molar-refractivity contribution is 0.0527. The first kappa shape index (κ1) is 17.6. The first-order valence-corrected chi connectivity index (χ1v) is 7.88. The minimum absolute atomic E-state index is 0.0737. The summed E-state index contributed by atoms with van der Waals surface area (Å²) in [5.41, 5.74) is 0.742. The van der Waals surface area contributed by atoms with Crippen LogP contribution in [0.3, 0.4) is 0 Å². The molecule has 0 spiro atoms. The standard InChI is InChI=1S/C16H18N4O3S/c1-3-20-13(12(10-17-20)15(22)23-4-2)18-16(24)19-14(21)11-8-6-5-7-9-11/h5-10H,3-4H2,1-2H3,(H2,18,19,21,24). The molecular weight excluding hydrogens is 328 g/mol. The second-order valence-corrected chi connectivity index (χ2v) is 5.13. The molecule has 1 heterocycles. The summed E-state index contributed by atoms with van der Waals surface area (Å²) in [5.74, 6) is -0.459. The van der Waals surface area contributed by atoms with Gasteiger partial charge in [0.05, 0.1) is 12.8 Å². The van der Waals surface area contributed by atoms with E-state index in [9.17, 15) is 9.59 Å². The summed E-state index contributed by atoms with van der Waals surface area (Å²) in [6, 6.07) is 8.70. The van der Waals surface area contributed by atoms with Gasteiger partial charge in [-0.15, -0.1) is 0 Å². The van der Waals surface area contributed by atoms with E-state index in [0.717, 1.165) is 0 Å². The lowest BCUT2D eigenvalue weighted by Gasteiger charge is -2.12. The van der Waals surface area contributed by atoms with Gasteiger partial charge < -0.3 is 10.1 Å². The molecule has 7 nitrogen and oxygen atoms in total. The van der Waals surface area contributed by atoms with Crippen LogP contribution in [0.2, 0.25) is 0 Å². The van der Waals surface area contributed by atoms with E-state index in [2.05, 4.69) is 15.7 Å². The minimum atomic E-state index is -0.503. The molecule has 0 aliphatic rings. The summed E-state index contributed by atoms with van der Waals surface area (Å²) in [7, 11) is 0. The summed E-state index contributed by atoms with van der Waals surface area (Å²) in [6.45, 7) is 4.38. The topological polar surface area (TPSA) is 85.2 Å². The van der Waals surface area contributed by atoms with Crippen molar-refractivity contribution in [1.82, 2.24) is 15.1 Å². The predicted molar refractivity (Wildman–Crippen MR) is 94.0 cm³/mol. The van der Waals surface area contributed by atoms with Crippen molar-refractivity contribution >= 4 is 35.0 Å². The average Bonchev–Trinajstić information content (AvgIpc) is 2.98. The smallest absolute Gasteiger partial charge is 0.343 e. The molecule has 0 atom stereocenters. The summed E-state index contributed by atoms with van der Waals surface area (Å²) in [4.78, 5) is 24.1. The molecule has 24 heavy (non-hydrogen) atoms. The number of hydrogen-bond acceptors (Lipinski definition) is 5. The molecule has 0 radical (unpaired) electrons. The van der Waals surface area contributed by atoms with Crippen molar-refractivity contribution < 1.29 is 14.3 Å². The maximum absolute atomic E-state index is 12.1. The van der Waals surface area contributed by atoms with Gasteiger partial charge in [0.2, 0.25) is 0 Å². The summed E-state index contributed by atoms with van der Waals surface area (Å²) in [5, 5.41) is 9.60. The van der Waals surface area contributed by atoms with Crippen LogP contribution in [0.15, 0.2) is 36.5 Å². The number of carbonyl (C=O) groups is 2. The van der Waals surface area contributed by atoms with Gasteiger partial charge in [-0.25, -0.2) is 9.48 Å². The number of carbonyl (C=O) groups excluding carboxylic acids is 2. The van der Waals surface area contributed by atoms with Gasteiger partial charge in [-0.05, 0) is 38.2 Å². The van der Waals surface area contributed by atoms with E-state index < -0.39 is 5.97 Å². The maximum Gasteiger partial charge on any atom is 0.343 e. The van der Waals surface area contributed by atoms with E-state index in [1.165, 1.54) is 6.20 Å². The Kier molecular flexibility index (Phi) is 6.02. The highest BCUT2D eigenvalue weighted by Crippen LogP contribution is 2.16. The molecule has 0 bridgehead atoms. The highest BCUT2D eigenvalue weighted by molar-refractivity contribution is 7.80. The van der Waals surface area contributed by atoms with Crippen molar-refractivity contribution in [3.63, 3.8) is 0 Å². The number of rotatable bonds is 5. The molecule has 0 aliphatic heterocycles. The van der Waals surface area contributed by atoms with Gasteiger partial charge in [0, 0.05) is 12.1 Å². The lowest BCUT2D eigenvalue weighted by Crippen LogP contribution is -2.35. The number of thiocarbonyl (C=S) groups is 1. The normalized spacial score (nSPS) is 10.1. The third kappa shape index (κ3) is 4.17. The predicted octanol–water partition coefficient (Wildman–Crippen LogP) is 2.21. The van der Waals surface area contributed by atoms with E-state index in [1.807, 2.05) is 13.0 Å². The molecule has 2 rings (SSSR count). The number of ether oxygens (including phenoxy) is 1. The Morgan fingerprint density at radius 1 is 1.25 bits per heavy atom. The average molecular weight is 346 g/mol. The number of nitrogens with zero attached hydrogens (tertiary/aromatic N) is 2. The summed E-state index contributed by atoms with van der Waals surface area (Å²) in [6.07, 6.45) is 1.41. The molecule has 1 aromatic heterocycles. The minimum Gasteiger partial charge on any atom is -0.462 e. The number of aryl methyl sites for hydroxylation is 1. The Balaban J connectivity index is 2.12. The number of hydrogen-bond donors (Lipinski definition) is 2. The van der Waals surface area contributed by atoms with E-state index in [4.69, 9.17) is 17.0 Å². The van der Waals surface area contributed by atoms with Crippen LogP contribution in [0, 0.1) is 0 Å². The van der Waals surface area contributed by atoms with Crippen molar-refractivity contribution in [3.8, 4) is 0 Å². The van der Waals surface area contributed by atoms with Crippen LogP contribution in [-0.2, 0) is 11.3 Å². The monoisotopic (exact) mass is 346 g/mol. The number of nitrogens with one attached hydrogen (secondary N) is 2. The third-order valence-corrected chi connectivity index (χ3v) is 3.33. The number of amides is 1. The highest BCUT2D eigenvalue weighted by Gasteiger charge is 2.19. The molecule has 0 saturated carbocycles. The maximum atomic E-state index is 12.1. The van der Waals surface area contributed by atoms with Crippen molar-refractivity contribution in [1.29, 1.82) is 0 Å². The highest BCUT2D eigenvalue weighted by atomic mass is 32.1. The van der Waals surface area contributed by atoms with Crippen LogP contribution in [0.5, 0.6) is 0 Å². The molecule has 0 fully saturated rings. The van der Waals surface area contributed by atoms with Gasteiger partial charge in [-0.1, -0.05) is 18.2 Å². The Labute approximate surface area is 145 Å². The molecule has 2 aromatic rings. The van der Waals surface area contributed by atoms with Crippen LogP contribution < -0.4 is 10.6 Å². The molecule has 1 aromatic carbocycles. The third-order valence-electron chi connectivity index (χ3n) is 3.13. The van der Waals surface area contributed by atoms with Gasteiger partial charge in [-0.3, -0.25) is 10.1 Å². The quantitative estimate of drug-likeness (QED) is 0.638. The lowest BCUT2D eigenvalue weighted by atomic mass is 10.2. The molecule has 2 N–H and O–H groups in total. The fraction of sp³-hybridized carbons (Fsp3) is 0.250. The Morgan fingerprint density at radius 2 is 1.96 bits per heavy atom. The van der Waals surface area contributed by atoms with Crippen molar-refractivity contribution in [2.75, 3.05) is 11.9 Å². The second kappa shape index (κ2) is 8.21. The molecular formula is C16H18N4O3S. The molecule has 126 valence electrons. The zero-order valence-electron chi connectivity index (χ0n) is 13.4. The Hall–Kier alpha value is -2.74. The molecule has 0 aliphatic carbocycles. The van der Waals surface area contributed by atoms with Gasteiger partial charge in [0.1, 0.15) is 11.4 Å².